The highest BCUT2D eigenvalue weighted by atomic mass is 35.5. The van der Waals surface area contributed by atoms with Gasteiger partial charge in [0.2, 0.25) is 10.0 Å². The topological polar surface area (TPSA) is 151 Å². The van der Waals surface area contributed by atoms with E-state index < -0.39 is 31.5 Å². The van der Waals surface area contributed by atoms with Gasteiger partial charge in [-0.15, -0.1) is 0 Å². The van der Waals surface area contributed by atoms with Gasteiger partial charge in [0.25, 0.3) is 0 Å². The Morgan fingerprint density at radius 2 is 1.57 bits per heavy atom. The van der Waals surface area contributed by atoms with E-state index in [0.717, 1.165) is 10.6 Å². The number of carboxylic acids is 1. The van der Waals surface area contributed by atoms with Crippen molar-refractivity contribution in [2.45, 2.75) is 22.9 Å². The van der Waals surface area contributed by atoms with E-state index >= 15 is 0 Å². The number of methoxy groups -OCH3 is 1. The average Bonchev–Trinajstić information content (AvgIpc) is 2.85. The second kappa shape index (κ2) is 11.3. The maximum Gasteiger partial charge on any atom is 0.358 e. The Labute approximate surface area is 219 Å². The highest BCUT2D eigenvalue weighted by Crippen LogP contribution is 2.30. The van der Waals surface area contributed by atoms with Crippen LogP contribution < -0.4 is 4.74 Å². The summed E-state index contributed by atoms with van der Waals surface area (Å²) in [4.78, 5) is 11.3. The van der Waals surface area contributed by atoms with Gasteiger partial charge >= 0.3 is 5.97 Å². The van der Waals surface area contributed by atoms with Crippen LogP contribution in [-0.2, 0) is 37.7 Å². The first-order valence-electron chi connectivity index (χ1n) is 10.5. The predicted molar refractivity (Wildman–Crippen MR) is 136 cm³/mol. The highest BCUT2D eigenvalue weighted by molar-refractivity contribution is 7.90. The fourth-order valence-electron chi connectivity index (χ4n) is 3.51. The molecule has 0 unspecified atom stereocenters. The number of benzene rings is 3. The molecule has 37 heavy (non-hydrogen) atoms. The molecule has 3 rings (SSSR count). The first-order chi connectivity index (χ1) is 17.4. The molecule has 0 aliphatic rings. The molecule has 0 aliphatic carbocycles. The van der Waals surface area contributed by atoms with Crippen molar-refractivity contribution in [2.24, 2.45) is 5.16 Å². The molecule has 13 heteroatoms. The number of para-hydroxylation sites is 1. The molecule has 2 N–H and O–H groups in total. The largest absolute Gasteiger partial charge is 0.495 e. The van der Waals surface area contributed by atoms with Crippen LogP contribution in [0.15, 0.2) is 81.7 Å². The van der Waals surface area contributed by atoms with Gasteiger partial charge in [-0.2, -0.15) is 4.31 Å². The molecule has 3 aromatic rings. The second-order valence-electron chi connectivity index (χ2n) is 7.91. The van der Waals surface area contributed by atoms with Gasteiger partial charge in [0.1, 0.15) is 10.6 Å². The van der Waals surface area contributed by atoms with Gasteiger partial charge < -0.3 is 15.1 Å². The van der Waals surface area contributed by atoms with Gasteiger partial charge in [-0.1, -0.05) is 53.2 Å². The van der Waals surface area contributed by atoms with Crippen molar-refractivity contribution < 1.29 is 36.7 Å². The minimum atomic E-state index is -4.15. The number of carbonyl (C=O) groups is 1. The summed E-state index contributed by atoms with van der Waals surface area (Å²) in [5.41, 5.74) is 0.230. The molecule has 0 spiro atoms. The lowest BCUT2D eigenvalue weighted by molar-refractivity contribution is -0.129. The second-order valence-corrected chi connectivity index (χ2v) is 12.2. The molecule has 10 nitrogen and oxygen atoms in total. The molecule has 0 radical (unpaired) electrons. The fourth-order valence-corrected chi connectivity index (χ4v) is 6.00. The zero-order valence-electron chi connectivity index (χ0n) is 19.7. The predicted octanol–water partition coefficient (Wildman–Crippen LogP) is 3.41. The number of rotatable bonds is 10. The van der Waals surface area contributed by atoms with Gasteiger partial charge in [0.15, 0.2) is 15.5 Å². The normalized spacial score (nSPS) is 12.5. The van der Waals surface area contributed by atoms with Crippen LogP contribution in [0.5, 0.6) is 5.75 Å². The molecular formula is C24H23ClN2O8S2. The number of aliphatic carboxylic acids is 1. The first-order valence-corrected chi connectivity index (χ1v) is 14.3. The van der Waals surface area contributed by atoms with Gasteiger partial charge in [-0.05, 0) is 41.5 Å². The quantitative estimate of drug-likeness (QED) is 0.215. The molecule has 0 aromatic heterocycles. The Balaban J connectivity index is 2.05. The monoisotopic (exact) mass is 566 g/mol. The van der Waals surface area contributed by atoms with Crippen LogP contribution in [0.1, 0.15) is 16.7 Å². The standard InChI is InChI=1S/C24H23ClN2O8S2/c1-35-21-5-3-4-6-22(21)37(33,34)27(14-16-7-10-18(11-8-16)36(2,31)32)15-17-9-12-19(20(25)13-17)23(26-30)24(28)29/h3-13,30H,14-15H2,1-2H3,(H,28,29)/b26-23+. The van der Waals surface area contributed by atoms with Crippen LogP contribution in [0.25, 0.3) is 0 Å². The van der Waals surface area contributed by atoms with Crippen molar-refractivity contribution in [3.8, 4) is 5.75 Å². The summed E-state index contributed by atoms with van der Waals surface area (Å²) in [7, 11) is -6.23. The molecule has 0 aliphatic heterocycles. The van der Waals surface area contributed by atoms with Crippen LogP contribution in [0.3, 0.4) is 0 Å². The van der Waals surface area contributed by atoms with E-state index in [1.165, 1.54) is 61.7 Å². The summed E-state index contributed by atoms with van der Waals surface area (Å²) in [5, 5.41) is 20.9. The molecule has 0 fully saturated rings. The lowest BCUT2D eigenvalue weighted by atomic mass is 10.1. The van der Waals surface area contributed by atoms with Crippen LogP contribution in [0, 0.1) is 0 Å². The van der Waals surface area contributed by atoms with Crippen molar-refractivity contribution in [3.63, 3.8) is 0 Å². The number of halogens is 1. The lowest BCUT2D eigenvalue weighted by Crippen LogP contribution is -2.30. The van der Waals surface area contributed by atoms with E-state index in [2.05, 4.69) is 5.16 Å². The van der Waals surface area contributed by atoms with E-state index in [0.29, 0.717) is 11.1 Å². The lowest BCUT2D eigenvalue weighted by Gasteiger charge is -2.24. The van der Waals surface area contributed by atoms with Crippen molar-refractivity contribution in [1.29, 1.82) is 0 Å². The third kappa shape index (κ3) is 6.46. The molecule has 196 valence electrons. The number of carboxylic acid groups (broad SMARTS) is 1. The summed E-state index contributed by atoms with van der Waals surface area (Å²) in [6, 6.07) is 16.1. The number of nitrogens with zero attached hydrogens (tertiary/aromatic N) is 2. The van der Waals surface area contributed by atoms with Crippen molar-refractivity contribution in [2.75, 3.05) is 13.4 Å². The van der Waals surface area contributed by atoms with Gasteiger partial charge in [0, 0.05) is 24.9 Å². The number of sulfone groups is 1. The van der Waals surface area contributed by atoms with E-state index in [1.54, 1.807) is 12.1 Å². The molecule has 0 saturated heterocycles. The summed E-state index contributed by atoms with van der Waals surface area (Å²) in [6.45, 7) is -0.296. The van der Waals surface area contributed by atoms with E-state index in [9.17, 15) is 26.7 Å². The Kier molecular flexibility index (Phi) is 8.59. The van der Waals surface area contributed by atoms with Crippen LogP contribution >= 0.6 is 11.6 Å². The number of sulfonamides is 1. The minimum absolute atomic E-state index is 0.0454. The summed E-state index contributed by atoms with van der Waals surface area (Å²) >= 11 is 6.23. The Morgan fingerprint density at radius 3 is 2.11 bits per heavy atom. The van der Waals surface area contributed by atoms with E-state index in [4.69, 9.17) is 21.5 Å². The van der Waals surface area contributed by atoms with Gasteiger partial charge in [-0.3, -0.25) is 0 Å². The van der Waals surface area contributed by atoms with Crippen molar-refractivity contribution in [3.05, 3.63) is 88.4 Å². The summed E-state index contributed by atoms with van der Waals surface area (Å²) in [6.07, 6.45) is 1.07. The maximum absolute atomic E-state index is 13.7. The van der Waals surface area contributed by atoms with E-state index in [-0.39, 0.29) is 39.2 Å². The zero-order valence-corrected chi connectivity index (χ0v) is 22.1. The first kappa shape index (κ1) is 28.1. The molecule has 0 saturated carbocycles. The molecule has 0 heterocycles. The number of ether oxygens (including phenoxy) is 1. The summed E-state index contributed by atoms with van der Waals surface area (Å²) in [5.74, 6) is -1.35. The molecule has 0 atom stereocenters. The molecule has 3 aromatic carbocycles. The smallest absolute Gasteiger partial charge is 0.358 e. The highest BCUT2D eigenvalue weighted by Gasteiger charge is 2.28. The van der Waals surface area contributed by atoms with Crippen molar-refractivity contribution >= 4 is 43.1 Å². The zero-order chi connectivity index (χ0) is 27.4. The third-order valence-corrected chi connectivity index (χ3v) is 8.62. The Morgan fingerprint density at radius 1 is 0.973 bits per heavy atom. The molecular weight excluding hydrogens is 544 g/mol. The number of hydrogen-bond acceptors (Lipinski definition) is 8. The van der Waals surface area contributed by atoms with E-state index in [1.807, 2.05) is 0 Å². The number of oxime groups is 1. The number of hydrogen-bond donors (Lipinski definition) is 2. The van der Waals surface area contributed by atoms with Gasteiger partial charge in [-0.25, -0.2) is 21.6 Å². The average molecular weight is 567 g/mol. The SMILES string of the molecule is COc1ccccc1S(=O)(=O)N(Cc1ccc(S(C)(=O)=O)cc1)Cc1ccc(/C(=N\O)C(=O)O)c(Cl)c1. The third-order valence-electron chi connectivity index (χ3n) is 5.35. The Bertz CT molecular complexity index is 1550. The molecule has 0 bridgehead atoms. The molecule has 0 amide bonds. The van der Waals surface area contributed by atoms with Crippen LogP contribution in [-0.4, -0.2) is 56.5 Å². The fraction of sp³-hybridized carbons (Fsp3) is 0.167. The summed E-state index contributed by atoms with van der Waals surface area (Å²) < 4.78 is 57.5. The maximum atomic E-state index is 13.7. The van der Waals surface area contributed by atoms with Gasteiger partial charge in [0.05, 0.1) is 17.0 Å². The van der Waals surface area contributed by atoms with Crippen LogP contribution in [0.2, 0.25) is 5.02 Å². The Hall–Kier alpha value is -3.45. The minimum Gasteiger partial charge on any atom is -0.495 e. The van der Waals surface area contributed by atoms with Crippen LogP contribution in [0.4, 0.5) is 0 Å². The van der Waals surface area contributed by atoms with Crippen molar-refractivity contribution in [1.82, 2.24) is 4.31 Å².